The van der Waals surface area contributed by atoms with Gasteiger partial charge < -0.3 is 14.5 Å². The van der Waals surface area contributed by atoms with Gasteiger partial charge in [0.1, 0.15) is 0 Å². The molecule has 0 aliphatic carbocycles. The summed E-state index contributed by atoms with van der Waals surface area (Å²) in [4.78, 5) is 5.05. The molecule has 4 aromatic carbocycles. The zero-order valence-electron chi connectivity index (χ0n) is 23.1. The monoisotopic (exact) mass is 490 g/mol. The van der Waals surface area contributed by atoms with Crippen molar-refractivity contribution < 1.29 is 4.74 Å². The molecule has 5 rings (SSSR count). The fourth-order valence-electron chi connectivity index (χ4n) is 6.58. The van der Waals surface area contributed by atoms with E-state index in [1.165, 1.54) is 55.9 Å². The number of anilines is 2. The highest BCUT2D eigenvalue weighted by Crippen LogP contribution is 2.53. The highest BCUT2D eigenvalue weighted by Gasteiger charge is 2.50. The molecule has 2 unspecified atom stereocenters. The molecule has 0 saturated carbocycles. The first-order valence-electron chi connectivity index (χ1n) is 13.2. The predicted octanol–water partition coefficient (Wildman–Crippen LogP) is 8.28. The lowest BCUT2D eigenvalue weighted by Gasteiger charge is -2.36. The maximum absolute atomic E-state index is 6.48. The van der Waals surface area contributed by atoms with E-state index in [-0.39, 0.29) is 18.4 Å². The van der Waals surface area contributed by atoms with Crippen LogP contribution in [0, 0.1) is 41.5 Å². The third-order valence-corrected chi connectivity index (χ3v) is 7.65. The molecule has 0 N–H and O–H groups in total. The van der Waals surface area contributed by atoms with E-state index < -0.39 is 0 Å². The highest BCUT2D eigenvalue weighted by atomic mass is 16.5. The van der Waals surface area contributed by atoms with Crippen LogP contribution in [-0.2, 0) is 4.74 Å². The highest BCUT2D eigenvalue weighted by molar-refractivity contribution is 5.70. The number of ether oxygens (including phenoxy) is 1. The van der Waals surface area contributed by atoms with Crippen LogP contribution >= 0.6 is 0 Å². The van der Waals surface area contributed by atoms with Gasteiger partial charge in [0.25, 0.3) is 0 Å². The van der Waals surface area contributed by atoms with Gasteiger partial charge in [-0.05, 0) is 74.9 Å². The second-order valence-electron chi connectivity index (χ2n) is 10.6. The normalized spacial score (nSPS) is 19.5. The number of hydrogen-bond donors (Lipinski definition) is 0. The maximum atomic E-state index is 6.48. The van der Waals surface area contributed by atoms with Crippen molar-refractivity contribution in [3.8, 4) is 0 Å². The topological polar surface area (TPSA) is 15.7 Å². The van der Waals surface area contributed by atoms with E-state index in [9.17, 15) is 0 Å². The number of nitrogens with zero attached hydrogens (tertiary/aromatic N) is 2. The summed E-state index contributed by atoms with van der Waals surface area (Å²) >= 11 is 0. The van der Waals surface area contributed by atoms with Crippen molar-refractivity contribution in [2.45, 2.75) is 60.0 Å². The van der Waals surface area contributed by atoms with E-state index in [1.54, 1.807) is 0 Å². The molecule has 0 spiro atoms. The molecule has 0 aromatic heterocycles. The second kappa shape index (κ2) is 10.1. The maximum Gasteiger partial charge on any atom is 0.211 e. The molecule has 1 aliphatic rings. The Balaban J connectivity index is 1.85. The Bertz CT molecular complexity index is 1240. The first-order valence-corrected chi connectivity index (χ1v) is 13.2. The summed E-state index contributed by atoms with van der Waals surface area (Å²) in [6.07, 6.45) is -0.282. The van der Waals surface area contributed by atoms with Gasteiger partial charge in [0.05, 0.1) is 12.1 Å². The summed E-state index contributed by atoms with van der Waals surface area (Å²) in [6.45, 7) is 13.3. The average molecular weight is 491 g/mol. The van der Waals surface area contributed by atoms with Crippen LogP contribution in [0.5, 0.6) is 0 Å². The molecule has 1 saturated heterocycles. The molecule has 1 heterocycles. The van der Waals surface area contributed by atoms with Crippen molar-refractivity contribution in [3.63, 3.8) is 0 Å². The predicted molar refractivity (Wildman–Crippen MR) is 155 cm³/mol. The third kappa shape index (κ3) is 4.42. The zero-order valence-corrected chi connectivity index (χ0v) is 23.1. The van der Waals surface area contributed by atoms with Crippen molar-refractivity contribution in [2.24, 2.45) is 0 Å². The molecule has 4 aromatic rings. The van der Waals surface area contributed by atoms with Crippen molar-refractivity contribution in [1.82, 2.24) is 0 Å². The summed E-state index contributed by atoms with van der Waals surface area (Å²) in [5, 5.41) is 0. The molecule has 0 radical (unpaired) electrons. The van der Waals surface area contributed by atoms with E-state index in [4.69, 9.17) is 4.74 Å². The first-order chi connectivity index (χ1) is 17.8. The van der Waals surface area contributed by atoms with Gasteiger partial charge in [0.2, 0.25) is 6.35 Å². The Morgan fingerprint density at radius 2 is 0.838 bits per heavy atom. The third-order valence-electron chi connectivity index (χ3n) is 7.65. The van der Waals surface area contributed by atoms with E-state index in [2.05, 4.69) is 136 Å². The summed E-state index contributed by atoms with van der Waals surface area (Å²) in [5.41, 5.74) is 12.7. The van der Waals surface area contributed by atoms with Gasteiger partial charge in [-0.15, -0.1) is 0 Å². The second-order valence-corrected chi connectivity index (χ2v) is 10.6. The lowest BCUT2D eigenvalue weighted by Crippen LogP contribution is -2.42. The molecular formula is C34H38N2O. The quantitative estimate of drug-likeness (QED) is 0.280. The molecule has 37 heavy (non-hydrogen) atoms. The Morgan fingerprint density at radius 1 is 0.514 bits per heavy atom. The lowest BCUT2D eigenvalue weighted by molar-refractivity contribution is 0.109. The fourth-order valence-corrected chi connectivity index (χ4v) is 6.58. The van der Waals surface area contributed by atoms with Crippen LogP contribution in [0.2, 0.25) is 0 Å². The first kappa shape index (κ1) is 25.1. The van der Waals surface area contributed by atoms with Crippen molar-refractivity contribution in [1.29, 1.82) is 0 Å². The Kier molecular flexibility index (Phi) is 6.83. The van der Waals surface area contributed by atoms with Crippen molar-refractivity contribution >= 4 is 11.4 Å². The molecular weight excluding hydrogens is 452 g/mol. The van der Waals surface area contributed by atoms with Crippen LogP contribution in [0.4, 0.5) is 11.4 Å². The number of methoxy groups -OCH3 is 1. The van der Waals surface area contributed by atoms with Gasteiger partial charge in [-0.3, -0.25) is 0 Å². The minimum atomic E-state index is -0.282. The fraction of sp³-hybridized carbons (Fsp3) is 0.294. The standard InChI is InChI=1S/C34H38N2O/c1-22-18-24(3)30(25(4)19-22)35-32(28-14-10-8-11-15-28)33(29-16-12-9-13-17-29)36(34(35)37-7)31-26(5)20-23(2)21-27(31)6/h8-21,32-34H,1-7H3. The number of aryl methyl sites for hydroxylation is 6. The number of benzene rings is 4. The molecule has 2 atom stereocenters. The molecule has 1 fully saturated rings. The Morgan fingerprint density at radius 3 is 1.14 bits per heavy atom. The van der Waals surface area contributed by atoms with Gasteiger partial charge in [-0.2, -0.15) is 0 Å². The molecule has 0 bridgehead atoms. The van der Waals surface area contributed by atoms with Gasteiger partial charge >= 0.3 is 0 Å². The molecule has 3 nitrogen and oxygen atoms in total. The summed E-state index contributed by atoms with van der Waals surface area (Å²) < 4.78 is 6.48. The lowest BCUT2D eigenvalue weighted by atomic mass is 9.91. The zero-order chi connectivity index (χ0) is 26.3. The number of hydrogen-bond acceptors (Lipinski definition) is 3. The van der Waals surface area contributed by atoms with E-state index in [0.717, 1.165) is 0 Å². The summed E-state index contributed by atoms with van der Waals surface area (Å²) in [5.74, 6) is 0. The van der Waals surface area contributed by atoms with Crippen LogP contribution in [0.15, 0.2) is 84.9 Å². The smallest absolute Gasteiger partial charge is 0.211 e. The molecule has 1 aliphatic heterocycles. The van der Waals surface area contributed by atoms with Gasteiger partial charge in [0, 0.05) is 18.5 Å². The van der Waals surface area contributed by atoms with Crippen LogP contribution in [0.1, 0.15) is 56.6 Å². The summed E-state index contributed by atoms with van der Waals surface area (Å²) in [7, 11) is 1.85. The van der Waals surface area contributed by atoms with Gasteiger partial charge in [-0.25, -0.2) is 0 Å². The molecule has 0 amide bonds. The number of rotatable bonds is 5. The van der Waals surface area contributed by atoms with Crippen molar-refractivity contribution in [2.75, 3.05) is 16.9 Å². The minimum Gasteiger partial charge on any atom is -0.344 e. The Hall–Kier alpha value is -3.56. The average Bonchev–Trinajstić information content (AvgIpc) is 3.18. The molecule has 3 heteroatoms. The van der Waals surface area contributed by atoms with Crippen molar-refractivity contribution in [3.05, 3.63) is 129 Å². The largest absolute Gasteiger partial charge is 0.344 e. The van der Waals surface area contributed by atoms with Gasteiger partial charge in [-0.1, -0.05) is 96.1 Å². The Labute approximate surface area is 222 Å². The SMILES string of the molecule is COC1N(c2c(C)cc(C)cc2C)C(c2ccccc2)C(c2ccccc2)N1c1c(C)cc(C)cc1C. The van der Waals surface area contributed by atoms with E-state index in [1.807, 2.05) is 7.11 Å². The van der Waals surface area contributed by atoms with Crippen LogP contribution in [0.3, 0.4) is 0 Å². The van der Waals surface area contributed by atoms with E-state index in [0.29, 0.717) is 0 Å². The van der Waals surface area contributed by atoms with Crippen LogP contribution in [-0.4, -0.2) is 13.5 Å². The van der Waals surface area contributed by atoms with Crippen LogP contribution in [0.25, 0.3) is 0 Å². The minimum absolute atomic E-state index is 0.0498. The van der Waals surface area contributed by atoms with Gasteiger partial charge in [0.15, 0.2) is 0 Å². The van der Waals surface area contributed by atoms with E-state index >= 15 is 0 Å². The summed E-state index contributed by atoms with van der Waals surface area (Å²) in [6, 6.07) is 31.1. The molecule has 190 valence electrons. The van der Waals surface area contributed by atoms with Crippen LogP contribution < -0.4 is 9.80 Å².